The van der Waals surface area contributed by atoms with Crippen molar-refractivity contribution >= 4 is 11.6 Å². The lowest BCUT2D eigenvalue weighted by atomic mass is 10.4. The van der Waals surface area contributed by atoms with Crippen LogP contribution < -0.4 is 10.2 Å². The summed E-state index contributed by atoms with van der Waals surface area (Å²) in [7, 11) is 1.75. The van der Waals surface area contributed by atoms with Crippen molar-refractivity contribution in [3.63, 3.8) is 0 Å². The lowest BCUT2D eigenvalue weighted by molar-refractivity contribution is 0.910. The number of nitrogens with zero attached hydrogens (tertiary/aromatic N) is 5. The van der Waals surface area contributed by atoms with E-state index in [4.69, 9.17) is 10.5 Å². The minimum Gasteiger partial charge on any atom is -0.373 e. The number of nitriles is 2. The Kier molecular flexibility index (Phi) is 4.05. The molecular weight excluding hydrogens is 204 g/mol. The molecule has 1 aromatic heterocycles. The molecule has 1 N–H and O–H groups in total. The summed E-state index contributed by atoms with van der Waals surface area (Å²) in [5.74, 6) is 1.85. The molecule has 0 amide bonds. The van der Waals surface area contributed by atoms with Crippen molar-refractivity contribution in [3.05, 3.63) is 11.9 Å². The van der Waals surface area contributed by atoms with Crippen LogP contribution in [-0.4, -0.2) is 30.1 Å². The van der Waals surface area contributed by atoms with Gasteiger partial charge in [-0.25, -0.2) is 9.97 Å². The summed E-state index contributed by atoms with van der Waals surface area (Å²) >= 11 is 0. The second-order valence-electron chi connectivity index (χ2n) is 3.08. The molecule has 6 nitrogen and oxygen atoms in total. The fourth-order valence-electron chi connectivity index (χ4n) is 1.23. The van der Waals surface area contributed by atoms with E-state index < -0.39 is 0 Å². The Balaban J connectivity index is 3.04. The Morgan fingerprint density at radius 3 is 2.44 bits per heavy atom. The zero-order chi connectivity index (χ0) is 12.0. The average molecular weight is 216 g/mol. The van der Waals surface area contributed by atoms with Crippen LogP contribution in [-0.2, 0) is 0 Å². The zero-order valence-corrected chi connectivity index (χ0v) is 9.23. The Morgan fingerprint density at radius 1 is 1.31 bits per heavy atom. The van der Waals surface area contributed by atoms with Crippen molar-refractivity contribution in [2.75, 3.05) is 30.4 Å². The van der Waals surface area contributed by atoms with Crippen LogP contribution in [0.5, 0.6) is 0 Å². The van der Waals surface area contributed by atoms with Gasteiger partial charge in [-0.2, -0.15) is 10.5 Å². The second kappa shape index (κ2) is 5.52. The number of hydrogen-bond acceptors (Lipinski definition) is 6. The van der Waals surface area contributed by atoms with E-state index in [1.807, 2.05) is 12.1 Å². The molecule has 0 saturated heterocycles. The molecule has 1 rings (SSSR count). The molecule has 0 saturated carbocycles. The maximum absolute atomic E-state index is 8.66. The molecule has 0 aliphatic carbocycles. The van der Waals surface area contributed by atoms with Gasteiger partial charge in [-0.3, -0.25) is 0 Å². The van der Waals surface area contributed by atoms with Gasteiger partial charge in [-0.05, 0) is 6.92 Å². The molecule has 0 bridgehead atoms. The minimum atomic E-state index is 0.132. The van der Waals surface area contributed by atoms with Crippen LogP contribution in [0.15, 0.2) is 6.07 Å². The van der Waals surface area contributed by atoms with Crippen LogP contribution in [0.1, 0.15) is 5.82 Å². The highest BCUT2D eigenvalue weighted by atomic mass is 15.2. The monoisotopic (exact) mass is 216 g/mol. The summed E-state index contributed by atoms with van der Waals surface area (Å²) in [5, 5.41) is 20.2. The molecule has 1 aromatic rings. The Bertz CT molecular complexity index is 426. The van der Waals surface area contributed by atoms with Gasteiger partial charge in [0.15, 0.2) is 0 Å². The fourth-order valence-corrected chi connectivity index (χ4v) is 1.23. The van der Waals surface area contributed by atoms with Crippen LogP contribution in [0.3, 0.4) is 0 Å². The largest absolute Gasteiger partial charge is 0.373 e. The van der Waals surface area contributed by atoms with Crippen molar-refractivity contribution < 1.29 is 0 Å². The smallest absolute Gasteiger partial charge is 0.136 e. The van der Waals surface area contributed by atoms with Crippen LogP contribution in [0.25, 0.3) is 0 Å². The highest BCUT2D eigenvalue weighted by Crippen LogP contribution is 2.14. The van der Waals surface area contributed by atoms with E-state index in [0.717, 1.165) is 0 Å². The van der Waals surface area contributed by atoms with Crippen LogP contribution in [0.4, 0.5) is 11.6 Å². The summed E-state index contributed by atoms with van der Waals surface area (Å²) in [5.41, 5.74) is 0. The lowest BCUT2D eigenvalue weighted by Gasteiger charge is -2.17. The van der Waals surface area contributed by atoms with Gasteiger partial charge < -0.3 is 10.2 Å². The predicted molar refractivity (Wildman–Crippen MR) is 59.8 cm³/mol. The number of aromatic nitrogens is 2. The molecule has 0 radical (unpaired) electrons. The fraction of sp³-hybridized carbons (Fsp3) is 0.400. The minimum absolute atomic E-state index is 0.132. The molecule has 0 unspecified atom stereocenters. The van der Waals surface area contributed by atoms with E-state index in [-0.39, 0.29) is 13.1 Å². The molecule has 82 valence electrons. The van der Waals surface area contributed by atoms with Gasteiger partial charge in [0.05, 0.1) is 12.1 Å². The number of aryl methyl sites for hydroxylation is 1. The maximum atomic E-state index is 8.66. The molecular formula is C10H12N6. The predicted octanol–water partition coefficient (Wildman–Crippen LogP) is 0.680. The molecule has 6 heteroatoms. The van der Waals surface area contributed by atoms with Gasteiger partial charge in [-0.1, -0.05) is 0 Å². The summed E-state index contributed by atoms with van der Waals surface area (Å²) in [6, 6.07) is 5.71. The summed E-state index contributed by atoms with van der Waals surface area (Å²) in [6.45, 7) is 2.03. The van der Waals surface area contributed by atoms with Gasteiger partial charge >= 0.3 is 0 Å². The molecule has 0 fully saturated rings. The number of rotatable bonds is 4. The van der Waals surface area contributed by atoms with Gasteiger partial charge in [0.2, 0.25) is 0 Å². The van der Waals surface area contributed by atoms with E-state index >= 15 is 0 Å². The third kappa shape index (κ3) is 2.82. The second-order valence-corrected chi connectivity index (χ2v) is 3.08. The highest BCUT2D eigenvalue weighted by Gasteiger charge is 2.09. The van der Waals surface area contributed by atoms with Gasteiger partial charge in [0.25, 0.3) is 0 Å². The average Bonchev–Trinajstić information content (AvgIpc) is 2.28. The molecule has 0 aromatic carbocycles. The van der Waals surface area contributed by atoms with E-state index in [2.05, 4.69) is 15.3 Å². The van der Waals surface area contributed by atoms with Gasteiger partial charge in [0.1, 0.15) is 30.5 Å². The standard InChI is InChI=1S/C10H12N6/c1-8-14-9(13-2)7-10(15-8)16(5-3-11)6-4-12/h7H,5-6H2,1-2H3,(H,13,14,15). The van der Waals surface area contributed by atoms with Crippen LogP contribution >= 0.6 is 0 Å². The third-order valence-electron chi connectivity index (χ3n) is 1.93. The van der Waals surface area contributed by atoms with Crippen molar-refractivity contribution in [3.8, 4) is 12.1 Å². The zero-order valence-electron chi connectivity index (χ0n) is 9.23. The molecule has 16 heavy (non-hydrogen) atoms. The van der Waals surface area contributed by atoms with Crippen molar-refractivity contribution in [1.82, 2.24) is 9.97 Å². The van der Waals surface area contributed by atoms with Gasteiger partial charge in [0, 0.05) is 13.1 Å². The van der Waals surface area contributed by atoms with Crippen molar-refractivity contribution in [2.45, 2.75) is 6.92 Å². The summed E-state index contributed by atoms with van der Waals surface area (Å²) in [6.07, 6.45) is 0. The number of hydrogen-bond donors (Lipinski definition) is 1. The van der Waals surface area contributed by atoms with Gasteiger partial charge in [-0.15, -0.1) is 0 Å². The Labute approximate surface area is 94.2 Å². The first-order valence-corrected chi connectivity index (χ1v) is 4.73. The van der Waals surface area contributed by atoms with E-state index in [1.165, 1.54) is 0 Å². The molecule has 0 aliphatic rings. The van der Waals surface area contributed by atoms with Crippen molar-refractivity contribution in [1.29, 1.82) is 10.5 Å². The van der Waals surface area contributed by atoms with Crippen LogP contribution in [0, 0.1) is 29.6 Å². The molecule has 1 heterocycles. The first kappa shape index (κ1) is 11.7. The summed E-state index contributed by atoms with van der Waals surface area (Å²) < 4.78 is 0. The topological polar surface area (TPSA) is 88.6 Å². The van der Waals surface area contributed by atoms with Crippen LogP contribution in [0.2, 0.25) is 0 Å². The maximum Gasteiger partial charge on any atom is 0.136 e. The summed E-state index contributed by atoms with van der Waals surface area (Å²) in [4.78, 5) is 9.92. The normalized spacial score (nSPS) is 9.00. The Morgan fingerprint density at radius 2 is 1.94 bits per heavy atom. The number of anilines is 2. The SMILES string of the molecule is CNc1cc(N(CC#N)CC#N)nc(C)n1. The van der Waals surface area contributed by atoms with E-state index in [1.54, 1.807) is 24.9 Å². The quantitative estimate of drug-likeness (QED) is 0.744. The third-order valence-corrected chi connectivity index (χ3v) is 1.93. The number of nitrogens with one attached hydrogen (secondary N) is 1. The van der Waals surface area contributed by atoms with E-state index in [0.29, 0.717) is 17.5 Å². The Hall–Kier alpha value is -2.34. The highest BCUT2D eigenvalue weighted by molar-refractivity contribution is 5.50. The molecule has 0 atom stereocenters. The van der Waals surface area contributed by atoms with E-state index in [9.17, 15) is 0 Å². The first-order valence-electron chi connectivity index (χ1n) is 4.73. The first-order chi connectivity index (χ1) is 7.71. The molecule has 0 spiro atoms. The molecule has 0 aliphatic heterocycles. The van der Waals surface area contributed by atoms with Crippen molar-refractivity contribution in [2.24, 2.45) is 0 Å². The lowest BCUT2D eigenvalue weighted by Crippen LogP contribution is -2.25.